The van der Waals surface area contributed by atoms with Crippen LogP contribution in [0, 0.1) is 6.92 Å². The highest BCUT2D eigenvalue weighted by Gasteiger charge is 2.25. The quantitative estimate of drug-likeness (QED) is 0.796. The first kappa shape index (κ1) is 16.8. The molecule has 0 saturated heterocycles. The van der Waals surface area contributed by atoms with E-state index in [0.717, 1.165) is 42.5 Å². The highest BCUT2D eigenvalue weighted by Crippen LogP contribution is 2.30. The molecule has 24 heavy (non-hydrogen) atoms. The normalized spacial score (nSPS) is 16.5. The molecule has 7 heteroatoms. The van der Waals surface area contributed by atoms with Gasteiger partial charge in [-0.2, -0.15) is 0 Å². The summed E-state index contributed by atoms with van der Waals surface area (Å²) in [5.41, 5.74) is 1.98. The second-order valence-electron chi connectivity index (χ2n) is 5.93. The smallest absolute Gasteiger partial charge is 0.250 e. The SMILES string of the molecule is Cc1cccc(=O)n1CCCNC(=O)CC1=CSC2=NCCCN12. The predicted octanol–water partition coefficient (Wildman–Crippen LogP) is 1.70. The second kappa shape index (κ2) is 7.70. The Balaban J connectivity index is 1.43. The predicted molar refractivity (Wildman–Crippen MR) is 97.0 cm³/mol. The monoisotopic (exact) mass is 346 g/mol. The van der Waals surface area contributed by atoms with E-state index in [-0.39, 0.29) is 11.5 Å². The number of rotatable bonds is 6. The fraction of sp³-hybridized carbons (Fsp3) is 0.471. The molecule has 0 fully saturated rings. The number of hydrogen-bond donors (Lipinski definition) is 1. The Hall–Kier alpha value is -2.02. The van der Waals surface area contributed by atoms with Crippen LogP contribution in [0.2, 0.25) is 0 Å². The van der Waals surface area contributed by atoms with Crippen molar-refractivity contribution in [3.63, 3.8) is 0 Å². The lowest BCUT2D eigenvalue weighted by Gasteiger charge is -2.25. The van der Waals surface area contributed by atoms with Crippen LogP contribution in [0.25, 0.3) is 0 Å². The molecule has 3 heterocycles. The van der Waals surface area contributed by atoms with E-state index in [1.165, 1.54) is 0 Å². The minimum atomic E-state index is 0.00591. The highest BCUT2D eigenvalue weighted by molar-refractivity contribution is 8.16. The number of aryl methyl sites for hydroxylation is 1. The number of nitrogens with zero attached hydrogens (tertiary/aromatic N) is 3. The molecular weight excluding hydrogens is 324 g/mol. The average Bonchev–Trinajstić information content (AvgIpc) is 2.97. The van der Waals surface area contributed by atoms with E-state index in [1.807, 2.05) is 18.4 Å². The van der Waals surface area contributed by atoms with Crippen molar-refractivity contribution >= 4 is 22.8 Å². The van der Waals surface area contributed by atoms with Gasteiger partial charge in [0.1, 0.15) is 0 Å². The van der Waals surface area contributed by atoms with Crippen molar-refractivity contribution in [1.29, 1.82) is 0 Å². The lowest BCUT2D eigenvalue weighted by atomic mass is 10.2. The van der Waals surface area contributed by atoms with Gasteiger partial charge in [0, 0.05) is 43.6 Å². The summed E-state index contributed by atoms with van der Waals surface area (Å²) in [5.74, 6) is 0.0193. The van der Waals surface area contributed by atoms with Gasteiger partial charge in [0.25, 0.3) is 5.56 Å². The number of hydrogen-bond acceptors (Lipinski definition) is 5. The van der Waals surface area contributed by atoms with Gasteiger partial charge < -0.3 is 14.8 Å². The maximum absolute atomic E-state index is 12.1. The minimum absolute atomic E-state index is 0.00591. The van der Waals surface area contributed by atoms with Gasteiger partial charge in [0.2, 0.25) is 5.91 Å². The molecule has 1 amide bonds. The second-order valence-corrected chi connectivity index (χ2v) is 6.77. The van der Waals surface area contributed by atoms with E-state index in [9.17, 15) is 9.59 Å². The number of fused-ring (bicyclic) bond motifs is 1. The van der Waals surface area contributed by atoms with Gasteiger partial charge in [-0.1, -0.05) is 17.8 Å². The lowest BCUT2D eigenvalue weighted by Crippen LogP contribution is -2.33. The van der Waals surface area contributed by atoms with Crippen molar-refractivity contribution in [2.24, 2.45) is 4.99 Å². The Morgan fingerprint density at radius 1 is 1.42 bits per heavy atom. The number of amidine groups is 1. The van der Waals surface area contributed by atoms with Crippen LogP contribution in [0.4, 0.5) is 0 Å². The van der Waals surface area contributed by atoms with E-state index in [0.29, 0.717) is 19.5 Å². The van der Waals surface area contributed by atoms with Gasteiger partial charge in [0.15, 0.2) is 5.17 Å². The average molecular weight is 346 g/mol. The molecule has 6 nitrogen and oxygen atoms in total. The number of aromatic nitrogens is 1. The maximum atomic E-state index is 12.1. The standard InChI is InChI=1S/C17H22N4O2S/c1-13-5-2-6-16(23)20(13)9-3-7-18-15(22)11-14-12-24-17-19-8-4-10-21(14)17/h2,5-6,12H,3-4,7-11H2,1H3,(H,18,22). The summed E-state index contributed by atoms with van der Waals surface area (Å²) in [6, 6.07) is 5.25. The molecule has 0 unspecified atom stereocenters. The summed E-state index contributed by atoms with van der Waals surface area (Å²) >= 11 is 1.60. The summed E-state index contributed by atoms with van der Waals surface area (Å²) < 4.78 is 1.73. The first-order chi connectivity index (χ1) is 11.6. The molecule has 0 bridgehead atoms. The van der Waals surface area contributed by atoms with Crippen LogP contribution in [0.1, 0.15) is 25.0 Å². The summed E-state index contributed by atoms with van der Waals surface area (Å²) in [7, 11) is 0. The zero-order valence-corrected chi connectivity index (χ0v) is 14.6. The lowest BCUT2D eigenvalue weighted by molar-refractivity contribution is -0.120. The molecular formula is C17H22N4O2S. The number of nitrogens with one attached hydrogen (secondary N) is 1. The maximum Gasteiger partial charge on any atom is 0.250 e. The Labute approximate surface area is 145 Å². The molecule has 0 aliphatic carbocycles. The third-order valence-electron chi connectivity index (χ3n) is 4.16. The number of thioether (sulfide) groups is 1. The van der Waals surface area contributed by atoms with Gasteiger partial charge in [-0.15, -0.1) is 0 Å². The highest BCUT2D eigenvalue weighted by atomic mass is 32.2. The molecule has 128 valence electrons. The molecule has 0 spiro atoms. The van der Waals surface area contributed by atoms with E-state index in [2.05, 4.69) is 15.2 Å². The Morgan fingerprint density at radius 2 is 2.29 bits per heavy atom. The van der Waals surface area contributed by atoms with Crippen LogP contribution >= 0.6 is 11.8 Å². The zero-order chi connectivity index (χ0) is 16.9. The fourth-order valence-electron chi connectivity index (χ4n) is 2.88. The third-order valence-corrected chi connectivity index (χ3v) is 5.11. The van der Waals surface area contributed by atoms with Crippen LogP contribution in [0.5, 0.6) is 0 Å². The van der Waals surface area contributed by atoms with Crippen LogP contribution in [0.3, 0.4) is 0 Å². The summed E-state index contributed by atoms with van der Waals surface area (Å²) in [6.07, 6.45) is 2.16. The number of pyridine rings is 1. The molecule has 1 N–H and O–H groups in total. The minimum Gasteiger partial charge on any atom is -0.356 e. The summed E-state index contributed by atoms with van der Waals surface area (Å²) in [5, 5.41) is 5.98. The first-order valence-corrected chi connectivity index (χ1v) is 9.14. The van der Waals surface area contributed by atoms with E-state index < -0.39 is 0 Å². The number of amides is 1. The zero-order valence-electron chi connectivity index (χ0n) is 13.8. The number of carbonyl (C=O) groups is 1. The van der Waals surface area contributed by atoms with Crippen LogP contribution in [-0.2, 0) is 11.3 Å². The topological polar surface area (TPSA) is 66.7 Å². The fourth-order valence-corrected chi connectivity index (χ4v) is 3.83. The Kier molecular flexibility index (Phi) is 5.40. The third kappa shape index (κ3) is 3.90. The summed E-state index contributed by atoms with van der Waals surface area (Å²) in [6.45, 7) is 4.93. The van der Waals surface area contributed by atoms with Gasteiger partial charge in [-0.3, -0.25) is 14.6 Å². The molecule has 2 aliphatic heterocycles. The van der Waals surface area contributed by atoms with Gasteiger partial charge in [0.05, 0.1) is 6.42 Å². The van der Waals surface area contributed by atoms with Gasteiger partial charge in [-0.25, -0.2) is 0 Å². The van der Waals surface area contributed by atoms with Crippen molar-refractivity contribution in [2.75, 3.05) is 19.6 Å². The molecule has 0 saturated carbocycles. The van der Waals surface area contributed by atoms with Crippen molar-refractivity contribution in [1.82, 2.24) is 14.8 Å². The molecule has 1 aromatic rings. The Bertz CT molecular complexity index is 738. The molecule has 3 rings (SSSR count). The van der Waals surface area contributed by atoms with Crippen molar-refractivity contribution < 1.29 is 4.79 Å². The molecule has 0 radical (unpaired) electrons. The van der Waals surface area contributed by atoms with Crippen molar-refractivity contribution in [3.05, 3.63) is 45.4 Å². The van der Waals surface area contributed by atoms with Gasteiger partial charge >= 0.3 is 0 Å². The number of aliphatic imine (C=N–C) groups is 1. The van der Waals surface area contributed by atoms with Gasteiger partial charge in [-0.05, 0) is 31.2 Å². The van der Waals surface area contributed by atoms with E-state index >= 15 is 0 Å². The molecule has 0 aromatic carbocycles. The summed E-state index contributed by atoms with van der Waals surface area (Å²) in [4.78, 5) is 30.5. The van der Waals surface area contributed by atoms with E-state index in [1.54, 1.807) is 28.5 Å². The first-order valence-electron chi connectivity index (χ1n) is 8.26. The van der Waals surface area contributed by atoms with E-state index in [4.69, 9.17) is 0 Å². The van der Waals surface area contributed by atoms with Crippen LogP contribution in [0.15, 0.2) is 39.1 Å². The largest absolute Gasteiger partial charge is 0.356 e. The molecule has 0 atom stereocenters. The van der Waals surface area contributed by atoms with Crippen LogP contribution in [-0.4, -0.2) is 40.2 Å². The number of carbonyl (C=O) groups excluding carboxylic acids is 1. The van der Waals surface area contributed by atoms with Crippen molar-refractivity contribution in [2.45, 2.75) is 32.7 Å². The van der Waals surface area contributed by atoms with Crippen molar-refractivity contribution in [3.8, 4) is 0 Å². The molecule has 2 aliphatic rings. The van der Waals surface area contributed by atoms with Crippen LogP contribution < -0.4 is 10.9 Å². The molecule has 1 aromatic heterocycles. The Morgan fingerprint density at radius 3 is 3.12 bits per heavy atom.